The van der Waals surface area contributed by atoms with Crippen LogP contribution in [0.2, 0.25) is 10.0 Å². The van der Waals surface area contributed by atoms with E-state index in [0.29, 0.717) is 61.6 Å². The third kappa shape index (κ3) is 9.16. The molecule has 0 saturated carbocycles. The Hall–Kier alpha value is -6.21. The van der Waals surface area contributed by atoms with E-state index in [9.17, 15) is 24.6 Å². The van der Waals surface area contributed by atoms with Crippen LogP contribution in [-0.4, -0.2) is 68.7 Å². The summed E-state index contributed by atoms with van der Waals surface area (Å²) in [6.45, 7) is 0.389. The molecule has 0 saturated heterocycles. The highest BCUT2D eigenvalue weighted by molar-refractivity contribution is 7.15. The van der Waals surface area contributed by atoms with Crippen molar-refractivity contribution in [2.24, 2.45) is 0 Å². The third-order valence-electron chi connectivity index (χ3n) is 10.3. The van der Waals surface area contributed by atoms with Crippen molar-refractivity contribution in [2.75, 3.05) is 45.0 Å². The molecule has 1 amide bonds. The minimum Gasteiger partial charge on any atom is -0.545 e. The number of aromatic carboxylic acids is 1. The lowest BCUT2D eigenvalue weighted by molar-refractivity contribution is -0.254. The zero-order valence-corrected chi connectivity index (χ0v) is 35.5. The number of carboxylic acids is 2. The number of aromatic nitrogens is 1. The average Bonchev–Trinajstić information content (AvgIpc) is 3.69. The van der Waals surface area contributed by atoms with Gasteiger partial charge in [-0.25, -0.2) is 14.4 Å². The number of halogens is 2. The Bertz CT molecular complexity index is 2720. The molecule has 3 N–H and O–H groups in total. The predicted molar refractivity (Wildman–Crippen MR) is 237 cm³/mol. The monoisotopic (exact) mass is 861 g/mol. The molecule has 0 fully saturated rings. The molecule has 1 atom stereocenters. The number of fused-ring (bicyclic) bond motifs is 2. The molecule has 5 aromatic rings. The van der Waals surface area contributed by atoms with Crippen molar-refractivity contribution in [3.05, 3.63) is 152 Å². The van der Waals surface area contributed by atoms with Crippen LogP contribution < -0.4 is 30.6 Å². The van der Waals surface area contributed by atoms with Gasteiger partial charge in [0, 0.05) is 93.1 Å². The summed E-state index contributed by atoms with van der Waals surface area (Å²) in [7, 11) is 7.66. The van der Waals surface area contributed by atoms with Gasteiger partial charge in [0.05, 0.1) is 12.0 Å². The second kappa shape index (κ2) is 18.0. The van der Waals surface area contributed by atoms with Gasteiger partial charge in [0.2, 0.25) is 5.36 Å². The number of carbonyl (C=O) groups is 3. The number of nitrogens with one attached hydrogen (secondary N) is 2. The van der Waals surface area contributed by atoms with Crippen LogP contribution in [0.15, 0.2) is 114 Å². The number of thiazole rings is 1. The van der Waals surface area contributed by atoms with Crippen LogP contribution in [0.25, 0.3) is 33.4 Å². The first kappa shape index (κ1) is 41.9. The third-order valence-corrected chi connectivity index (χ3v) is 11.8. The highest BCUT2D eigenvalue weighted by Crippen LogP contribution is 2.42. The van der Waals surface area contributed by atoms with Crippen LogP contribution in [0, 0.1) is 0 Å². The minimum absolute atomic E-state index is 0.0208. The summed E-state index contributed by atoms with van der Waals surface area (Å²) in [4.78, 5) is 46.2. The summed E-state index contributed by atoms with van der Waals surface area (Å²) in [6, 6.07) is 29.7. The van der Waals surface area contributed by atoms with Gasteiger partial charge in [0.15, 0.2) is 5.13 Å². The van der Waals surface area contributed by atoms with Crippen molar-refractivity contribution in [2.45, 2.75) is 24.8 Å². The zero-order chi connectivity index (χ0) is 42.7. The van der Waals surface area contributed by atoms with Crippen molar-refractivity contribution in [3.8, 4) is 22.5 Å². The molecule has 14 heteroatoms. The molecule has 2 heterocycles. The van der Waals surface area contributed by atoms with E-state index in [0.717, 1.165) is 27.0 Å². The molecule has 0 unspecified atom stereocenters. The van der Waals surface area contributed by atoms with E-state index in [-0.39, 0.29) is 23.5 Å². The number of hydrogen-bond acceptors (Lipinski definition) is 9. The Morgan fingerprint density at radius 3 is 2.17 bits per heavy atom. The molecular formula is C46H41Cl2N5O6S. The number of amides is 1. The van der Waals surface area contributed by atoms with E-state index in [1.807, 2.05) is 129 Å². The quantitative estimate of drug-likeness (QED) is 0.0569. The number of anilines is 2. The van der Waals surface area contributed by atoms with E-state index in [1.165, 1.54) is 23.5 Å². The lowest BCUT2D eigenvalue weighted by Gasteiger charge is -2.20. The Morgan fingerprint density at radius 1 is 0.883 bits per heavy atom. The normalized spacial score (nSPS) is 11.8. The van der Waals surface area contributed by atoms with Crippen LogP contribution in [0.3, 0.4) is 0 Å². The minimum atomic E-state index is -1.49. The standard InChI is InChI=1S/C46H41Cl2N5O6S/c1-52(2)31-16-19-34-38(23-31)59-39-24-32(53(3)4)17-20-35(39)42(34)33-18-11-28(22-36(33)44(55)56)43(54)51-37(45(57)58)6-5-21-49-46-50-25-40(60-46)41(26-7-12-29(47)13-8-26)27-9-14-30(48)15-10-27/h7-20,22-25,37,41H,5-6,21H2,1-4H3,(H3-,49,50,51,54,55,56,57,58)/t37-/m0/s1. The maximum absolute atomic E-state index is 13.6. The Kier molecular flexibility index (Phi) is 12.6. The number of carboxylic acid groups (broad SMARTS) is 2. The SMILES string of the molecule is CN(C)c1ccc2c(-c3ccc(C(=O)N[C@@H](CCCNc4ncc(C(c5ccc(Cl)cc5)c5ccc(Cl)cc5)s4)C(=O)O)cc3C(=O)[O-])c3ccc(=[N+](C)C)cc-3oc2c1. The summed E-state index contributed by atoms with van der Waals surface area (Å²) in [5.41, 5.74) is 4.85. The van der Waals surface area contributed by atoms with Gasteiger partial charge in [-0.2, -0.15) is 0 Å². The maximum atomic E-state index is 13.6. The van der Waals surface area contributed by atoms with Gasteiger partial charge in [0.1, 0.15) is 31.5 Å². The van der Waals surface area contributed by atoms with E-state index in [4.69, 9.17) is 27.6 Å². The number of nitrogens with zero attached hydrogens (tertiary/aromatic N) is 3. The Balaban J connectivity index is 1.08. The van der Waals surface area contributed by atoms with Gasteiger partial charge in [0.25, 0.3) is 5.91 Å². The molecular weight excluding hydrogens is 822 g/mol. The fraction of sp³-hybridized carbons (Fsp3) is 0.196. The van der Waals surface area contributed by atoms with Gasteiger partial charge in [-0.1, -0.05) is 53.5 Å². The van der Waals surface area contributed by atoms with E-state index in [2.05, 4.69) is 15.6 Å². The highest BCUT2D eigenvalue weighted by Gasteiger charge is 2.25. The molecule has 1 aliphatic heterocycles. The fourth-order valence-corrected chi connectivity index (χ4v) is 8.37. The zero-order valence-electron chi connectivity index (χ0n) is 33.2. The molecule has 4 aromatic carbocycles. The molecule has 0 radical (unpaired) electrons. The molecule has 306 valence electrons. The second-order valence-electron chi connectivity index (χ2n) is 14.7. The summed E-state index contributed by atoms with van der Waals surface area (Å²) < 4.78 is 8.32. The van der Waals surface area contributed by atoms with Crippen molar-refractivity contribution in [1.29, 1.82) is 0 Å². The molecule has 7 rings (SSSR count). The van der Waals surface area contributed by atoms with Gasteiger partial charge in [-0.15, -0.1) is 11.3 Å². The van der Waals surface area contributed by atoms with Gasteiger partial charge in [-0.05, 0) is 84.1 Å². The van der Waals surface area contributed by atoms with Crippen molar-refractivity contribution in [3.63, 3.8) is 0 Å². The topological polar surface area (TPSA) is 151 Å². The van der Waals surface area contributed by atoms with E-state index >= 15 is 0 Å². The molecule has 2 aliphatic rings. The van der Waals surface area contributed by atoms with Crippen LogP contribution >= 0.6 is 34.5 Å². The largest absolute Gasteiger partial charge is 0.545 e. The number of hydrogen-bond donors (Lipinski definition) is 3. The Labute approximate surface area is 360 Å². The van der Waals surface area contributed by atoms with Gasteiger partial charge < -0.3 is 35.0 Å². The predicted octanol–water partition coefficient (Wildman–Crippen LogP) is 7.68. The Morgan fingerprint density at radius 2 is 1.55 bits per heavy atom. The molecule has 1 aromatic heterocycles. The molecule has 60 heavy (non-hydrogen) atoms. The number of benzene rings is 5. The van der Waals surface area contributed by atoms with Crippen LogP contribution in [0.4, 0.5) is 10.8 Å². The summed E-state index contributed by atoms with van der Waals surface area (Å²) in [5.74, 6) is -3.01. The number of carbonyl (C=O) groups excluding carboxylic acids is 2. The van der Waals surface area contributed by atoms with Crippen LogP contribution in [0.5, 0.6) is 0 Å². The summed E-state index contributed by atoms with van der Waals surface area (Å²) in [6.07, 6.45) is 2.30. The lowest BCUT2D eigenvalue weighted by Crippen LogP contribution is -2.41. The molecule has 11 nitrogen and oxygen atoms in total. The van der Waals surface area contributed by atoms with Crippen LogP contribution in [0.1, 0.15) is 55.5 Å². The van der Waals surface area contributed by atoms with Gasteiger partial charge in [-0.3, -0.25) is 4.79 Å². The first-order chi connectivity index (χ1) is 28.8. The molecule has 0 spiro atoms. The van der Waals surface area contributed by atoms with Gasteiger partial charge >= 0.3 is 5.97 Å². The number of rotatable bonds is 14. The van der Waals surface area contributed by atoms with E-state index < -0.39 is 23.9 Å². The van der Waals surface area contributed by atoms with E-state index in [1.54, 1.807) is 6.07 Å². The first-order valence-corrected chi connectivity index (χ1v) is 20.6. The maximum Gasteiger partial charge on any atom is 0.326 e. The first-order valence-electron chi connectivity index (χ1n) is 19.1. The molecule has 0 bridgehead atoms. The lowest BCUT2D eigenvalue weighted by atomic mass is 9.89. The fourth-order valence-electron chi connectivity index (χ4n) is 7.12. The summed E-state index contributed by atoms with van der Waals surface area (Å²) in [5, 5.41) is 32.2. The van der Waals surface area contributed by atoms with Crippen molar-refractivity contribution >= 4 is 74.2 Å². The number of aliphatic carboxylic acids is 1. The highest BCUT2D eigenvalue weighted by atomic mass is 35.5. The second-order valence-corrected chi connectivity index (χ2v) is 16.6. The average molecular weight is 863 g/mol. The van der Waals surface area contributed by atoms with Crippen molar-refractivity contribution < 1.29 is 29.0 Å². The smallest absolute Gasteiger partial charge is 0.326 e. The summed E-state index contributed by atoms with van der Waals surface area (Å²) >= 11 is 13.8. The molecule has 1 aliphatic carbocycles. The van der Waals surface area contributed by atoms with Crippen molar-refractivity contribution in [1.82, 2.24) is 14.9 Å². The van der Waals surface area contributed by atoms with Crippen LogP contribution in [-0.2, 0) is 4.79 Å².